The number of pyridine rings is 1. The van der Waals surface area contributed by atoms with Crippen molar-refractivity contribution in [1.29, 1.82) is 0 Å². The van der Waals surface area contributed by atoms with Crippen molar-refractivity contribution in [2.75, 3.05) is 26.2 Å². The highest BCUT2D eigenvalue weighted by atomic mass is 32.2. The second kappa shape index (κ2) is 9.05. The number of aromatic nitrogens is 1. The van der Waals surface area contributed by atoms with Gasteiger partial charge in [0.15, 0.2) is 0 Å². The standard InChI is InChI=1S/C22H26FN3OS/c23-18-9-7-17(8-10-18)16-28-21-20(6-3-11-24-21)22(27)26-14-12-25(13-15-26)19-4-1-2-5-19/h3,6-11,19H,1-2,4-5,12-16H2. The Morgan fingerprint density at radius 1 is 1.07 bits per heavy atom. The zero-order chi connectivity index (χ0) is 19.3. The molecule has 0 unspecified atom stereocenters. The monoisotopic (exact) mass is 399 g/mol. The lowest BCUT2D eigenvalue weighted by molar-refractivity contribution is 0.0569. The van der Waals surface area contributed by atoms with Crippen molar-refractivity contribution >= 4 is 17.7 Å². The van der Waals surface area contributed by atoms with E-state index in [0.29, 0.717) is 11.3 Å². The number of thioether (sulfide) groups is 1. The van der Waals surface area contributed by atoms with Crippen molar-refractivity contribution in [2.45, 2.75) is 42.5 Å². The lowest BCUT2D eigenvalue weighted by atomic mass is 10.1. The molecule has 0 atom stereocenters. The van der Waals surface area contributed by atoms with E-state index in [1.165, 1.54) is 49.6 Å². The van der Waals surface area contributed by atoms with Gasteiger partial charge < -0.3 is 4.90 Å². The molecule has 148 valence electrons. The predicted molar refractivity (Wildman–Crippen MR) is 110 cm³/mol. The number of amides is 1. The van der Waals surface area contributed by atoms with Gasteiger partial charge in [0.1, 0.15) is 10.8 Å². The lowest BCUT2D eigenvalue weighted by Gasteiger charge is -2.38. The van der Waals surface area contributed by atoms with E-state index in [4.69, 9.17) is 0 Å². The number of benzene rings is 1. The van der Waals surface area contributed by atoms with Crippen molar-refractivity contribution in [3.05, 3.63) is 59.5 Å². The summed E-state index contributed by atoms with van der Waals surface area (Å²) in [4.78, 5) is 22.1. The molecule has 0 radical (unpaired) electrons. The summed E-state index contributed by atoms with van der Waals surface area (Å²) in [5, 5.41) is 0.745. The molecule has 2 fully saturated rings. The van der Waals surface area contributed by atoms with Crippen molar-refractivity contribution in [1.82, 2.24) is 14.8 Å². The summed E-state index contributed by atoms with van der Waals surface area (Å²) in [6, 6.07) is 10.9. The average Bonchev–Trinajstić information content (AvgIpc) is 3.28. The van der Waals surface area contributed by atoms with Crippen molar-refractivity contribution in [3.63, 3.8) is 0 Å². The summed E-state index contributed by atoms with van der Waals surface area (Å²) < 4.78 is 13.1. The Kier molecular flexibility index (Phi) is 6.27. The molecule has 2 heterocycles. The fraction of sp³-hybridized carbons (Fsp3) is 0.455. The van der Waals surface area contributed by atoms with E-state index >= 15 is 0 Å². The number of rotatable bonds is 5. The van der Waals surface area contributed by atoms with E-state index < -0.39 is 0 Å². The Hall–Kier alpha value is -1.92. The summed E-state index contributed by atoms with van der Waals surface area (Å²) in [6.45, 7) is 3.50. The largest absolute Gasteiger partial charge is 0.336 e. The predicted octanol–water partition coefficient (Wildman–Crippen LogP) is 4.21. The molecule has 1 saturated heterocycles. The number of nitrogens with zero attached hydrogens (tertiary/aromatic N) is 3. The molecular formula is C22H26FN3OS. The molecule has 4 nitrogen and oxygen atoms in total. The molecule has 28 heavy (non-hydrogen) atoms. The van der Waals surface area contributed by atoms with Crippen molar-refractivity contribution in [3.8, 4) is 0 Å². The van der Waals surface area contributed by atoms with E-state index in [2.05, 4.69) is 9.88 Å². The number of hydrogen-bond donors (Lipinski definition) is 0. The van der Waals surface area contributed by atoms with Crippen LogP contribution < -0.4 is 0 Å². The molecule has 6 heteroatoms. The SMILES string of the molecule is O=C(c1cccnc1SCc1ccc(F)cc1)N1CCN(C2CCCC2)CC1. The van der Waals surface area contributed by atoms with E-state index in [0.717, 1.165) is 42.8 Å². The fourth-order valence-electron chi connectivity index (χ4n) is 4.13. The molecule has 0 bridgehead atoms. The molecule has 1 aliphatic heterocycles. The van der Waals surface area contributed by atoms with Crippen LogP contribution in [0.2, 0.25) is 0 Å². The Balaban J connectivity index is 1.38. The summed E-state index contributed by atoms with van der Waals surface area (Å²) in [6.07, 6.45) is 7.02. The van der Waals surface area contributed by atoms with Gasteiger partial charge in [0, 0.05) is 44.2 Å². The van der Waals surface area contributed by atoms with Gasteiger partial charge in [-0.1, -0.05) is 25.0 Å². The van der Waals surface area contributed by atoms with E-state index in [-0.39, 0.29) is 11.7 Å². The summed E-state index contributed by atoms with van der Waals surface area (Å²) >= 11 is 1.53. The molecule has 2 aromatic rings. The van der Waals surface area contributed by atoms with Crippen LogP contribution >= 0.6 is 11.8 Å². The zero-order valence-corrected chi connectivity index (χ0v) is 16.8. The first kappa shape index (κ1) is 19.4. The molecule has 0 N–H and O–H groups in total. The molecule has 2 aliphatic rings. The molecule has 1 saturated carbocycles. The minimum atomic E-state index is -0.237. The summed E-state index contributed by atoms with van der Waals surface area (Å²) in [7, 11) is 0. The smallest absolute Gasteiger partial charge is 0.256 e. The van der Waals surface area contributed by atoms with E-state index in [1.807, 2.05) is 17.0 Å². The van der Waals surface area contributed by atoms with Crippen LogP contribution in [0.25, 0.3) is 0 Å². The first-order valence-corrected chi connectivity index (χ1v) is 11.0. The van der Waals surface area contributed by atoms with Crippen LogP contribution in [0.15, 0.2) is 47.6 Å². The molecule has 4 rings (SSSR count). The van der Waals surface area contributed by atoms with Crippen LogP contribution in [0.1, 0.15) is 41.6 Å². The van der Waals surface area contributed by atoms with Crippen LogP contribution in [0.3, 0.4) is 0 Å². The summed E-state index contributed by atoms with van der Waals surface area (Å²) in [5.74, 6) is 0.493. The Labute approximate surface area is 170 Å². The van der Waals surface area contributed by atoms with E-state index in [1.54, 1.807) is 18.3 Å². The van der Waals surface area contributed by atoms with Crippen LogP contribution in [0, 0.1) is 5.82 Å². The number of piperazine rings is 1. The maximum atomic E-state index is 13.1. The minimum absolute atomic E-state index is 0.0702. The van der Waals surface area contributed by atoms with E-state index in [9.17, 15) is 9.18 Å². The van der Waals surface area contributed by atoms with Gasteiger partial charge >= 0.3 is 0 Å². The second-order valence-corrected chi connectivity index (χ2v) is 8.50. The molecular weight excluding hydrogens is 373 g/mol. The van der Waals surface area contributed by atoms with Gasteiger partial charge in [-0.05, 0) is 42.7 Å². The third-order valence-corrected chi connectivity index (χ3v) is 6.81. The van der Waals surface area contributed by atoms with Crippen molar-refractivity contribution in [2.24, 2.45) is 0 Å². The highest BCUT2D eigenvalue weighted by Gasteiger charge is 2.29. The van der Waals surface area contributed by atoms with Gasteiger partial charge in [-0.25, -0.2) is 9.37 Å². The van der Waals surface area contributed by atoms with Crippen LogP contribution in [-0.4, -0.2) is 52.9 Å². The molecule has 1 aliphatic carbocycles. The maximum absolute atomic E-state index is 13.1. The van der Waals surface area contributed by atoms with Gasteiger partial charge in [0.25, 0.3) is 5.91 Å². The average molecular weight is 400 g/mol. The highest BCUT2D eigenvalue weighted by Crippen LogP contribution is 2.27. The number of halogens is 1. The lowest BCUT2D eigenvalue weighted by Crippen LogP contribution is -2.51. The first-order chi connectivity index (χ1) is 13.7. The van der Waals surface area contributed by atoms with Gasteiger partial charge in [0.05, 0.1) is 5.56 Å². The zero-order valence-electron chi connectivity index (χ0n) is 16.0. The Bertz CT molecular complexity index is 800. The van der Waals surface area contributed by atoms with Gasteiger partial charge in [-0.15, -0.1) is 11.8 Å². The number of carbonyl (C=O) groups excluding carboxylic acids is 1. The van der Waals surface area contributed by atoms with Crippen LogP contribution in [0.4, 0.5) is 4.39 Å². The van der Waals surface area contributed by atoms with Crippen molar-refractivity contribution < 1.29 is 9.18 Å². The Morgan fingerprint density at radius 3 is 2.50 bits per heavy atom. The normalized spacial score (nSPS) is 18.5. The molecule has 1 amide bonds. The second-order valence-electron chi connectivity index (χ2n) is 7.54. The quantitative estimate of drug-likeness (QED) is 0.706. The molecule has 1 aromatic carbocycles. The molecule has 1 aromatic heterocycles. The number of hydrogen-bond acceptors (Lipinski definition) is 4. The highest BCUT2D eigenvalue weighted by molar-refractivity contribution is 7.98. The van der Waals surface area contributed by atoms with Gasteiger partial charge in [-0.2, -0.15) is 0 Å². The van der Waals surface area contributed by atoms with Gasteiger partial charge in [-0.3, -0.25) is 9.69 Å². The first-order valence-electron chi connectivity index (χ1n) is 10.1. The Morgan fingerprint density at radius 2 is 1.79 bits per heavy atom. The minimum Gasteiger partial charge on any atom is -0.336 e. The third-order valence-electron chi connectivity index (χ3n) is 5.73. The number of carbonyl (C=O) groups is 1. The molecule has 0 spiro atoms. The maximum Gasteiger partial charge on any atom is 0.256 e. The van der Waals surface area contributed by atoms with Gasteiger partial charge in [0.2, 0.25) is 0 Å². The third kappa shape index (κ3) is 4.55. The van der Waals surface area contributed by atoms with Crippen LogP contribution in [-0.2, 0) is 5.75 Å². The fourth-order valence-corrected chi connectivity index (χ4v) is 5.07. The van der Waals surface area contributed by atoms with Crippen LogP contribution in [0.5, 0.6) is 0 Å². The topological polar surface area (TPSA) is 36.4 Å². The summed E-state index contributed by atoms with van der Waals surface area (Å²) in [5.41, 5.74) is 1.68.